The average Bonchev–Trinajstić information content (AvgIpc) is 2.64. The zero-order chi connectivity index (χ0) is 9.31. The Labute approximate surface area is 75.5 Å². The lowest BCUT2D eigenvalue weighted by molar-refractivity contribution is -0.123. The Bertz CT molecular complexity index is 368. The van der Waals surface area contributed by atoms with Gasteiger partial charge < -0.3 is 14.6 Å². The van der Waals surface area contributed by atoms with E-state index >= 15 is 0 Å². The number of fused-ring (bicyclic) bond motifs is 1. The van der Waals surface area contributed by atoms with E-state index in [1.54, 1.807) is 18.3 Å². The van der Waals surface area contributed by atoms with Gasteiger partial charge in [0.25, 0.3) is 0 Å². The largest absolute Gasteiger partial charge is 0.364 e. The van der Waals surface area contributed by atoms with Crippen LogP contribution in [0.4, 0.5) is 0 Å². The van der Waals surface area contributed by atoms with E-state index in [0.717, 1.165) is 11.3 Å². The maximum atomic E-state index is 10.7. The molecule has 0 atom stereocenters. The number of hydrogen-bond donors (Lipinski definition) is 1. The van der Waals surface area contributed by atoms with Crippen molar-refractivity contribution in [2.45, 2.75) is 6.42 Å². The number of nitrogens with one attached hydrogen (secondary N) is 1. The van der Waals surface area contributed by atoms with Gasteiger partial charge in [-0.15, -0.1) is 0 Å². The number of hydrogen-bond acceptors (Lipinski definition) is 2. The zero-order valence-corrected chi connectivity index (χ0v) is 6.99. The van der Waals surface area contributed by atoms with E-state index < -0.39 is 5.41 Å². The van der Waals surface area contributed by atoms with Crippen molar-refractivity contribution in [3.63, 3.8) is 0 Å². The molecule has 3 nitrogen and oxygen atoms in total. The van der Waals surface area contributed by atoms with Crippen molar-refractivity contribution in [2.75, 3.05) is 0 Å². The fraction of sp³-hybridized carbons (Fsp3) is 0.200. The summed E-state index contributed by atoms with van der Waals surface area (Å²) in [6.45, 7) is 0. The number of carbonyl (C=O) groups excluding carboxylic acids is 2. The second-order valence-corrected chi connectivity index (χ2v) is 3.27. The Hall–Kier alpha value is -1.64. The van der Waals surface area contributed by atoms with Crippen LogP contribution >= 0.6 is 0 Å². The van der Waals surface area contributed by atoms with Crippen LogP contribution in [0.15, 0.2) is 18.3 Å². The van der Waals surface area contributed by atoms with Gasteiger partial charge in [-0.05, 0) is 11.6 Å². The maximum Gasteiger partial charge on any atom is 0.137 e. The average molecular weight is 175 g/mol. The van der Waals surface area contributed by atoms with Crippen LogP contribution in [0.3, 0.4) is 0 Å². The number of aldehydes is 2. The van der Waals surface area contributed by atoms with Gasteiger partial charge in [-0.2, -0.15) is 0 Å². The second kappa shape index (κ2) is 2.69. The number of allylic oxidation sites excluding steroid dienone is 1. The van der Waals surface area contributed by atoms with Crippen LogP contribution in [0.2, 0.25) is 0 Å². The topological polar surface area (TPSA) is 49.9 Å². The van der Waals surface area contributed by atoms with Gasteiger partial charge in [0, 0.05) is 18.3 Å². The molecule has 0 aromatic carbocycles. The van der Waals surface area contributed by atoms with Crippen molar-refractivity contribution >= 4 is 18.6 Å². The van der Waals surface area contributed by atoms with E-state index in [1.165, 1.54) is 0 Å². The molecule has 0 amide bonds. The molecule has 0 aliphatic heterocycles. The standard InChI is InChI=1S/C10H9NO2/c12-6-10(7-13)3-1-8-2-4-11-9(8)5-10/h1-4,6-7,11H,5H2. The molecule has 13 heavy (non-hydrogen) atoms. The lowest BCUT2D eigenvalue weighted by atomic mass is 9.81. The molecule has 0 saturated carbocycles. The van der Waals surface area contributed by atoms with E-state index in [0.29, 0.717) is 19.0 Å². The van der Waals surface area contributed by atoms with Crippen molar-refractivity contribution in [1.29, 1.82) is 0 Å². The Kier molecular flexibility index (Phi) is 1.65. The quantitative estimate of drug-likeness (QED) is 0.537. The minimum absolute atomic E-state index is 0.443. The highest BCUT2D eigenvalue weighted by atomic mass is 16.1. The first-order valence-electron chi connectivity index (χ1n) is 4.08. The number of aromatic nitrogens is 1. The predicted octanol–water partition coefficient (Wildman–Crippen LogP) is 0.968. The molecule has 1 heterocycles. The third-order valence-corrected chi connectivity index (χ3v) is 2.36. The molecule has 0 spiro atoms. The number of carbonyl (C=O) groups is 2. The Balaban J connectivity index is 2.44. The predicted molar refractivity (Wildman–Crippen MR) is 48.1 cm³/mol. The fourth-order valence-electron chi connectivity index (χ4n) is 1.52. The minimum atomic E-state index is -0.947. The van der Waals surface area contributed by atoms with Crippen molar-refractivity contribution in [2.24, 2.45) is 5.41 Å². The molecule has 0 saturated heterocycles. The SMILES string of the molecule is O=CC1(C=O)C=Cc2cc[nH]c2C1. The smallest absolute Gasteiger partial charge is 0.137 e. The third-order valence-electron chi connectivity index (χ3n) is 2.36. The molecule has 1 aliphatic carbocycles. The summed E-state index contributed by atoms with van der Waals surface area (Å²) < 4.78 is 0. The summed E-state index contributed by atoms with van der Waals surface area (Å²) >= 11 is 0. The molecule has 1 aromatic heterocycles. The zero-order valence-electron chi connectivity index (χ0n) is 6.99. The molecule has 1 aliphatic rings. The highest BCUT2D eigenvalue weighted by Crippen LogP contribution is 2.28. The highest BCUT2D eigenvalue weighted by Gasteiger charge is 2.30. The number of H-pyrrole nitrogens is 1. The van der Waals surface area contributed by atoms with E-state index in [9.17, 15) is 9.59 Å². The van der Waals surface area contributed by atoms with Gasteiger partial charge >= 0.3 is 0 Å². The maximum absolute atomic E-state index is 10.7. The molecule has 1 N–H and O–H groups in total. The Morgan fingerprint density at radius 2 is 2.15 bits per heavy atom. The van der Waals surface area contributed by atoms with E-state index in [-0.39, 0.29) is 0 Å². The lowest BCUT2D eigenvalue weighted by Crippen LogP contribution is -2.27. The van der Waals surface area contributed by atoms with Crippen molar-refractivity contribution in [1.82, 2.24) is 4.98 Å². The lowest BCUT2D eigenvalue weighted by Gasteiger charge is -2.20. The Morgan fingerprint density at radius 3 is 2.85 bits per heavy atom. The molecular weight excluding hydrogens is 166 g/mol. The highest BCUT2D eigenvalue weighted by molar-refractivity contribution is 5.89. The normalized spacial score (nSPS) is 17.8. The first kappa shape index (κ1) is 7.98. The van der Waals surface area contributed by atoms with Crippen LogP contribution in [0.5, 0.6) is 0 Å². The summed E-state index contributed by atoms with van der Waals surface area (Å²) in [6, 6.07) is 1.92. The van der Waals surface area contributed by atoms with Crippen LogP contribution < -0.4 is 0 Å². The van der Waals surface area contributed by atoms with Crippen LogP contribution in [0, 0.1) is 5.41 Å². The van der Waals surface area contributed by atoms with Crippen LogP contribution in [0.25, 0.3) is 6.08 Å². The molecule has 0 fully saturated rings. The van der Waals surface area contributed by atoms with E-state index in [1.807, 2.05) is 6.07 Å². The van der Waals surface area contributed by atoms with Gasteiger partial charge in [0.15, 0.2) is 0 Å². The van der Waals surface area contributed by atoms with Gasteiger partial charge in [0.05, 0.1) is 0 Å². The number of rotatable bonds is 2. The van der Waals surface area contributed by atoms with Crippen molar-refractivity contribution < 1.29 is 9.59 Å². The monoisotopic (exact) mass is 175 g/mol. The fourth-order valence-corrected chi connectivity index (χ4v) is 1.52. The van der Waals surface area contributed by atoms with Gasteiger partial charge in [0.2, 0.25) is 0 Å². The first-order chi connectivity index (χ1) is 6.29. The second-order valence-electron chi connectivity index (χ2n) is 3.27. The molecule has 0 radical (unpaired) electrons. The van der Waals surface area contributed by atoms with Crippen LogP contribution in [0.1, 0.15) is 11.3 Å². The summed E-state index contributed by atoms with van der Waals surface area (Å²) in [5, 5.41) is 0. The van der Waals surface area contributed by atoms with E-state index in [2.05, 4.69) is 4.98 Å². The molecule has 66 valence electrons. The summed E-state index contributed by atoms with van der Waals surface area (Å²) in [6.07, 6.45) is 7.10. The molecule has 1 aromatic rings. The van der Waals surface area contributed by atoms with Gasteiger partial charge in [-0.3, -0.25) is 0 Å². The van der Waals surface area contributed by atoms with Crippen molar-refractivity contribution in [3.05, 3.63) is 29.6 Å². The van der Waals surface area contributed by atoms with Gasteiger partial charge in [0.1, 0.15) is 18.0 Å². The van der Waals surface area contributed by atoms with Crippen molar-refractivity contribution in [3.8, 4) is 0 Å². The van der Waals surface area contributed by atoms with Gasteiger partial charge in [-0.1, -0.05) is 12.2 Å². The Morgan fingerprint density at radius 1 is 1.38 bits per heavy atom. The summed E-state index contributed by atoms with van der Waals surface area (Å²) in [5.74, 6) is 0. The molecule has 3 heteroatoms. The summed E-state index contributed by atoms with van der Waals surface area (Å²) in [4.78, 5) is 24.5. The molecule has 0 unspecified atom stereocenters. The molecule has 0 bridgehead atoms. The van der Waals surface area contributed by atoms with Crippen LogP contribution in [-0.4, -0.2) is 17.6 Å². The minimum Gasteiger partial charge on any atom is -0.364 e. The molecule has 2 rings (SSSR count). The number of aromatic amines is 1. The summed E-state index contributed by atoms with van der Waals surface area (Å²) in [7, 11) is 0. The van der Waals surface area contributed by atoms with Crippen LogP contribution in [-0.2, 0) is 16.0 Å². The van der Waals surface area contributed by atoms with Gasteiger partial charge in [-0.25, -0.2) is 0 Å². The van der Waals surface area contributed by atoms with E-state index in [4.69, 9.17) is 0 Å². The third kappa shape index (κ3) is 1.13. The first-order valence-corrected chi connectivity index (χ1v) is 4.08. The molecular formula is C10H9NO2. The summed E-state index contributed by atoms with van der Waals surface area (Å²) in [5.41, 5.74) is 1.05.